The summed E-state index contributed by atoms with van der Waals surface area (Å²) in [6, 6.07) is 7.46. The fraction of sp³-hybridized carbons (Fsp3) is 0.667. The third-order valence-corrected chi connectivity index (χ3v) is 9.80. The molecular formula is C24H38N4O6S. The Morgan fingerprint density at radius 3 is 2.23 bits per heavy atom. The monoisotopic (exact) mass is 510 g/mol. The van der Waals surface area contributed by atoms with Gasteiger partial charge in [0.25, 0.3) is 5.91 Å². The number of nitrogens with one attached hydrogen (secondary N) is 1. The number of rotatable bonds is 11. The number of hydrogen-bond acceptors (Lipinski definition) is 8. The van der Waals surface area contributed by atoms with Crippen molar-refractivity contribution in [3.8, 4) is 0 Å². The molecule has 11 heteroatoms. The molecule has 2 fully saturated rings. The molecule has 1 aromatic rings. The third-order valence-electron chi connectivity index (χ3n) is 7.17. The topological polar surface area (TPSA) is 119 Å². The van der Waals surface area contributed by atoms with Crippen LogP contribution in [0.15, 0.2) is 24.3 Å². The van der Waals surface area contributed by atoms with Crippen LogP contribution in [0.5, 0.6) is 0 Å². The van der Waals surface area contributed by atoms with Gasteiger partial charge in [0.2, 0.25) is 10.0 Å². The molecule has 35 heavy (non-hydrogen) atoms. The van der Waals surface area contributed by atoms with E-state index in [4.69, 9.17) is 4.74 Å². The molecule has 10 nitrogen and oxygen atoms in total. The summed E-state index contributed by atoms with van der Waals surface area (Å²) in [5.41, 5.74) is 3.24. The second-order valence-corrected chi connectivity index (χ2v) is 11.5. The number of sulfonamides is 1. The fourth-order valence-electron chi connectivity index (χ4n) is 4.84. The molecule has 1 aromatic carbocycles. The highest BCUT2D eigenvalue weighted by molar-refractivity contribution is 7.91. The summed E-state index contributed by atoms with van der Waals surface area (Å²) in [5, 5.41) is 9.37. The first-order chi connectivity index (χ1) is 16.8. The number of anilines is 1. The maximum absolute atomic E-state index is 13.7. The molecule has 0 atom stereocenters. The zero-order valence-electron chi connectivity index (χ0n) is 20.7. The number of likely N-dealkylation sites (tertiary alicyclic amines) is 1. The molecule has 2 N–H and O–H groups in total. The quantitative estimate of drug-likeness (QED) is 0.261. The van der Waals surface area contributed by atoms with Crippen molar-refractivity contribution in [3.05, 3.63) is 29.8 Å². The van der Waals surface area contributed by atoms with Gasteiger partial charge in [-0.1, -0.05) is 13.3 Å². The predicted octanol–water partition coefficient (Wildman–Crippen LogP) is 1.50. The van der Waals surface area contributed by atoms with Crippen LogP contribution in [0.25, 0.3) is 0 Å². The molecule has 2 aliphatic heterocycles. The number of unbranched alkanes of at least 4 members (excludes halogenated alkanes) is 1. The normalized spacial score (nSPS) is 19.5. The third kappa shape index (κ3) is 6.03. The summed E-state index contributed by atoms with van der Waals surface area (Å²) in [4.78, 5) is 29.1. The Bertz CT molecular complexity index is 953. The van der Waals surface area contributed by atoms with Gasteiger partial charge in [-0.25, -0.2) is 13.9 Å². The van der Waals surface area contributed by atoms with Gasteiger partial charge in [-0.15, -0.1) is 0 Å². The van der Waals surface area contributed by atoms with E-state index in [2.05, 4.69) is 16.7 Å². The molecule has 2 aliphatic rings. The van der Waals surface area contributed by atoms with Crippen molar-refractivity contribution in [2.24, 2.45) is 0 Å². The van der Waals surface area contributed by atoms with Gasteiger partial charge >= 0.3 is 0 Å². The van der Waals surface area contributed by atoms with Crippen LogP contribution in [-0.4, -0.2) is 98.8 Å². The largest absolute Gasteiger partial charge is 0.383 e. The summed E-state index contributed by atoms with van der Waals surface area (Å²) >= 11 is 0. The van der Waals surface area contributed by atoms with Crippen molar-refractivity contribution in [3.63, 3.8) is 0 Å². The minimum atomic E-state index is -4.00. The molecule has 0 radical (unpaired) electrons. The molecule has 2 heterocycles. The number of benzene rings is 1. The number of nitrogens with zero attached hydrogens (tertiary/aromatic N) is 3. The maximum Gasteiger partial charge on any atom is 0.266 e. The highest BCUT2D eigenvalue weighted by atomic mass is 32.2. The minimum Gasteiger partial charge on any atom is -0.383 e. The molecule has 0 saturated carbocycles. The lowest BCUT2D eigenvalue weighted by atomic mass is 9.95. The van der Waals surface area contributed by atoms with Crippen molar-refractivity contribution in [1.29, 1.82) is 0 Å². The first-order valence-corrected chi connectivity index (χ1v) is 13.8. The van der Waals surface area contributed by atoms with Crippen molar-refractivity contribution in [2.75, 3.05) is 64.4 Å². The van der Waals surface area contributed by atoms with Crippen LogP contribution >= 0.6 is 0 Å². The molecule has 3 rings (SSSR count). The summed E-state index contributed by atoms with van der Waals surface area (Å²) < 4.78 is 32.2. The maximum atomic E-state index is 13.7. The molecule has 0 spiro atoms. The second-order valence-electron chi connectivity index (χ2n) is 9.23. The van der Waals surface area contributed by atoms with Gasteiger partial charge in [-0.2, -0.15) is 4.31 Å². The highest BCUT2D eigenvalue weighted by Gasteiger charge is 2.55. The van der Waals surface area contributed by atoms with Gasteiger partial charge in [-0.3, -0.25) is 14.8 Å². The highest BCUT2D eigenvalue weighted by Crippen LogP contribution is 2.34. The van der Waals surface area contributed by atoms with Crippen LogP contribution in [0.2, 0.25) is 0 Å². The zero-order valence-corrected chi connectivity index (χ0v) is 21.6. The molecule has 0 aliphatic carbocycles. The Hall–Kier alpha value is -2.05. The fourth-order valence-corrected chi connectivity index (χ4v) is 6.95. The summed E-state index contributed by atoms with van der Waals surface area (Å²) in [6.07, 6.45) is 2.61. The van der Waals surface area contributed by atoms with Crippen molar-refractivity contribution < 1.29 is 28.0 Å². The zero-order chi connectivity index (χ0) is 25.5. The predicted molar refractivity (Wildman–Crippen MR) is 133 cm³/mol. The Labute approximate surface area is 208 Å². The summed E-state index contributed by atoms with van der Waals surface area (Å²) in [6.45, 7) is 5.54. The SMILES string of the molecule is CCCCC(=O)c1ccc(N2CCN(S(=O)(=O)C3(C(=O)NO)CCN(CCOC)CC3)CC2)cc1. The number of hydroxylamine groups is 1. The summed E-state index contributed by atoms with van der Waals surface area (Å²) in [7, 11) is -2.39. The number of carbonyl (C=O) groups is 2. The van der Waals surface area contributed by atoms with E-state index in [1.807, 2.05) is 24.3 Å². The van der Waals surface area contributed by atoms with Gasteiger partial charge in [0, 0.05) is 70.6 Å². The molecule has 2 saturated heterocycles. The van der Waals surface area contributed by atoms with Crippen LogP contribution in [0, 0.1) is 0 Å². The molecule has 0 bridgehead atoms. The van der Waals surface area contributed by atoms with Gasteiger partial charge in [0.15, 0.2) is 10.5 Å². The van der Waals surface area contributed by atoms with Crippen LogP contribution in [-0.2, 0) is 19.6 Å². The minimum absolute atomic E-state index is 0.110. The average Bonchev–Trinajstić information content (AvgIpc) is 2.90. The number of carbonyl (C=O) groups excluding carboxylic acids is 2. The van der Waals surface area contributed by atoms with Crippen molar-refractivity contribution >= 4 is 27.4 Å². The Kier molecular flexibility index (Phi) is 9.65. The number of piperidine rings is 1. The Morgan fingerprint density at radius 2 is 1.69 bits per heavy atom. The molecule has 0 unspecified atom stereocenters. The van der Waals surface area contributed by atoms with Gasteiger partial charge in [0.1, 0.15) is 0 Å². The molecule has 1 amide bonds. The first-order valence-electron chi connectivity index (χ1n) is 12.3. The van der Waals surface area contributed by atoms with E-state index in [9.17, 15) is 23.2 Å². The number of amides is 1. The summed E-state index contributed by atoms with van der Waals surface area (Å²) in [5.74, 6) is -0.732. The number of ether oxygens (including phenoxy) is 1. The van der Waals surface area contributed by atoms with E-state index in [0.717, 1.165) is 18.5 Å². The molecule has 0 aromatic heterocycles. The lowest BCUT2D eigenvalue weighted by molar-refractivity contribution is -0.133. The van der Waals surface area contributed by atoms with E-state index >= 15 is 0 Å². The van der Waals surface area contributed by atoms with Gasteiger partial charge < -0.3 is 14.5 Å². The van der Waals surface area contributed by atoms with Crippen LogP contribution in [0.4, 0.5) is 5.69 Å². The average molecular weight is 511 g/mol. The number of piperazine rings is 1. The van der Waals surface area contributed by atoms with E-state index in [0.29, 0.717) is 51.3 Å². The number of Topliss-reactive ketones (excluding diaryl/α,β-unsaturated/α-hetero) is 1. The number of methoxy groups -OCH3 is 1. The van der Waals surface area contributed by atoms with Crippen LogP contribution in [0.1, 0.15) is 49.4 Å². The molecule has 196 valence electrons. The number of ketones is 1. The van der Waals surface area contributed by atoms with Gasteiger partial charge in [-0.05, 0) is 43.5 Å². The second kappa shape index (κ2) is 12.3. The van der Waals surface area contributed by atoms with Crippen LogP contribution in [0.3, 0.4) is 0 Å². The van der Waals surface area contributed by atoms with E-state index in [1.54, 1.807) is 12.6 Å². The molecular weight excluding hydrogens is 472 g/mol. The van der Waals surface area contributed by atoms with E-state index in [1.165, 1.54) is 4.31 Å². The Morgan fingerprint density at radius 1 is 1.06 bits per heavy atom. The first kappa shape index (κ1) is 27.5. The van der Waals surface area contributed by atoms with E-state index in [-0.39, 0.29) is 31.7 Å². The standard InChI is InChI=1S/C24H38N4O6S/c1-3-4-5-22(29)20-6-8-21(9-7-20)27-14-16-28(17-15-27)35(32,33)24(23(30)25-31)10-12-26(13-11-24)18-19-34-2/h6-9,31H,3-5,10-19H2,1-2H3,(H,25,30). The smallest absolute Gasteiger partial charge is 0.266 e. The Balaban J connectivity index is 1.65. The van der Waals surface area contributed by atoms with Crippen LogP contribution < -0.4 is 10.4 Å². The van der Waals surface area contributed by atoms with Gasteiger partial charge in [0.05, 0.1) is 6.61 Å². The van der Waals surface area contributed by atoms with Crippen molar-refractivity contribution in [1.82, 2.24) is 14.7 Å². The lowest BCUT2D eigenvalue weighted by Gasteiger charge is -2.44. The van der Waals surface area contributed by atoms with Crippen molar-refractivity contribution in [2.45, 2.75) is 43.8 Å². The van der Waals surface area contributed by atoms with E-state index < -0.39 is 20.7 Å². The lowest BCUT2D eigenvalue weighted by Crippen LogP contribution is -2.63. The number of hydrogen-bond donors (Lipinski definition) is 2.